The zero-order valence-electron chi connectivity index (χ0n) is 11.0. The van der Waals surface area contributed by atoms with Crippen LogP contribution in [0.2, 0.25) is 0 Å². The van der Waals surface area contributed by atoms with Crippen LogP contribution >= 0.6 is 0 Å². The molecule has 108 valence electrons. The van der Waals surface area contributed by atoms with Gasteiger partial charge in [0.25, 0.3) is 0 Å². The lowest BCUT2D eigenvalue weighted by Gasteiger charge is -2.11. The summed E-state index contributed by atoms with van der Waals surface area (Å²) in [6.07, 6.45) is 6.09. The first kappa shape index (κ1) is 14.4. The Balaban J connectivity index is 2.06. The van der Waals surface area contributed by atoms with Crippen molar-refractivity contribution in [3.8, 4) is 0 Å². The highest BCUT2D eigenvalue weighted by Gasteiger charge is 2.18. The maximum absolute atomic E-state index is 12.2. The second-order valence-electron chi connectivity index (χ2n) is 3.97. The molecule has 2 rings (SSSR count). The second kappa shape index (κ2) is 6.44. The Labute approximate surface area is 117 Å². The van der Waals surface area contributed by atoms with E-state index in [4.69, 9.17) is 0 Å². The van der Waals surface area contributed by atoms with Crippen LogP contribution in [-0.4, -0.2) is 41.5 Å². The highest BCUT2D eigenvalue weighted by atomic mass is 32.2. The van der Waals surface area contributed by atoms with Gasteiger partial charge in [0.1, 0.15) is 4.90 Å². The average molecular weight is 296 g/mol. The second-order valence-corrected chi connectivity index (χ2v) is 5.70. The molecule has 0 unspecified atom stereocenters. The van der Waals surface area contributed by atoms with E-state index in [9.17, 15) is 8.42 Å². The van der Waals surface area contributed by atoms with Crippen molar-refractivity contribution in [2.75, 3.05) is 18.4 Å². The van der Waals surface area contributed by atoms with Gasteiger partial charge in [-0.1, -0.05) is 5.21 Å². The SMILES string of the molecule is CCNc1ccncc1S(=O)(=O)NCCn1ccnn1. The Hall–Kier alpha value is -2.00. The summed E-state index contributed by atoms with van der Waals surface area (Å²) in [6.45, 7) is 3.17. The molecule has 8 nitrogen and oxygen atoms in total. The number of nitrogens with zero attached hydrogens (tertiary/aromatic N) is 4. The van der Waals surface area contributed by atoms with Gasteiger partial charge in [0.2, 0.25) is 10.0 Å². The summed E-state index contributed by atoms with van der Waals surface area (Å²) in [5.41, 5.74) is 0.538. The third kappa shape index (κ3) is 3.52. The van der Waals surface area contributed by atoms with E-state index < -0.39 is 10.0 Å². The number of hydrogen-bond donors (Lipinski definition) is 2. The van der Waals surface area contributed by atoms with Crippen molar-refractivity contribution in [2.24, 2.45) is 0 Å². The topological polar surface area (TPSA) is 102 Å². The molecular formula is C11H16N6O2S. The van der Waals surface area contributed by atoms with Gasteiger partial charge >= 0.3 is 0 Å². The number of sulfonamides is 1. The largest absolute Gasteiger partial charge is 0.384 e. The van der Waals surface area contributed by atoms with E-state index in [0.717, 1.165) is 0 Å². The van der Waals surface area contributed by atoms with E-state index in [1.54, 1.807) is 29.3 Å². The van der Waals surface area contributed by atoms with Crippen molar-refractivity contribution < 1.29 is 8.42 Å². The third-order valence-corrected chi connectivity index (χ3v) is 4.03. The third-order valence-electron chi connectivity index (χ3n) is 2.55. The van der Waals surface area contributed by atoms with Gasteiger partial charge in [-0.2, -0.15) is 0 Å². The van der Waals surface area contributed by atoms with Crippen LogP contribution in [0.15, 0.2) is 35.7 Å². The van der Waals surface area contributed by atoms with Crippen LogP contribution in [0.5, 0.6) is 0 Å². The van der Waals surface area contributed by atoms with Gasteiger partial charge in [-0.25, -0.2) is 13.1 Å². The molecule has 0 amide bonds. The van der Waals surface area contributed by atoms with Gasteiger partial charge in [0.15, 0.2) is 0 Å². The first-order valence-electron chi connectivity index (χ1n) is 6.15. The van der Waals surface area contributed by atoms with E-state index in [1.165, 1.54) is 6.20 Å². The van der Waals surface area contributed by atoms with E-state index in [0.29, 0.717) is 18.8 Å². The van der Waals surface area contributed by atoms with Crippen molar-refractivity contribution in [2.45, 2.75) is 18.4 Å². The summed E-state index contributed by atoms with van der Waals surface area (Å²) in [4.78, 5) is 4.00. The minimum atomic E-state index is -3.60. The van der Waals surface area contributed by atoms with Gasteiger partial charge in [0, 0.05) is 31.7 Å². The van der Waals surface area contributed by atoms with Gasteiger partial charge in [-0.3, -0.25) is 9.67 Å². The molecule has 0 saturated heterocycles. The van der Waals surface area contributed by atoms with Gasteiger partial charge in [-0.05, 0) is 13.0 Å². The molecule has 0 aliphatic carbocycles. The van der Waals surface area contributed by atoms with E-state index in [2.05, 4.69) is 25.3 Å². The smallest absolute Gasteiger partial charge is 0.244 e. The number of aromatic nitrogens is 4. The first-order valence-corrected chi connectivity index (χ1v) is 7.63. The zero-order valence-corrected chi connectivity index (χ0v) is 11.8. The Morgan fingerprint density at radius 3 is 2.90 bits per heavy atom. The van der Waals surface area contributed by atoms with Crippen LogP contribution in [0.25, 0.3) is 0 Å². The molecule has 0 fully saturated rings. The van der Waals surface area contributed by atoms with Crippen LogP contribution in [0.1, 0.15) is 6.92 Å². The molecule has 0 saturated carbocycles. The highest BCUT2D eigenvalue weighted by Crippen LogP contribution is 2.18. The monoisotopic (exact) mass is 296 g/mol. The maximum atomic E-state index is 12.2. The van der Waals surface area contributed by atoms with Gasteiger partial charge in [-0.15, -0.1) is 5.10 Å². The lowest BCUT2D eigenvalue weighted by atomic mass is 10.4. The molecule has 0 spiro atoms. The Morgan fingerprint density at radius 2 is 2.20 bits per heavy atom. The van der Waals surface area contributed by atoms with Crippen LogP contribution in [0, 0.1) is 0 Å². The minimum Gasteiger partial charge on any atom is -0.384 e. The Morgan fingerprint density at radius 1 is 1.35 bits per heavy atom. The molecule has 20 heavy (non-hydrogen) atoms. The molecule has 0 bridgehead atoms. The van der Waals surface area contributed by atoms with E-state index in [1.807, 2.05) is 6.92 Å². The molecule has 2 aromatic rings. The van der Waals surface area contributed by atoms with E-state index in [-0.39, 0.29) is 11.4 Å². The normalized spacial score (nSPS) is 11.4. The summed E-state index contributed by atoms with van der Waals surface area (Å²) >= 11 is 0. The van der Waals surface area contributed by atoms with Crippen LogP contribution in [0.4, 0.5) is 5.69 Å². The Bertz CT molecular complexity index is 641. The fraction of sp³-hybridized carbons (Fsp3) is 0.364. The first-order chi connectivity index (χ1) is 9.63. The van der Waals surface area contributed by atoms with Crippen molar-refractivity contribution in [3.63, 3.8) is 0 Å². The number of anilines is 1. The minimum absolute atomic E-state index is 0.139. The van der Waals surface area contributed by atoms with Crippen molar-refractivity contribution >= 4 is 15.7 Å². The summed E-state index contributed by atoms with van der Waals surface area (Å²) in [7, 11) is -3.60. The summed E-state index contributed by atoms with van der Waals surface area (Å²) < 4.78 is 28.5. The molecule has 0 aromatic carbocycles. The number of pyridine rings is 1. The van der Waals surface area contributed by atoms with Gasteiger partial charge in [0.05, 0.1) is 18.4 Å². The van der Waals surface area contributed by atoms with Gasteiger partial charge < -0.3 is 5.32 Å². The number of hydrogen-bond acceptors (Lipinski definition) is 6. The van der Waals surface area contributed by atoms with Crippen LogP contribution in [-0.2, 0) is 16.6 Å². The van der Waals surface area contributed by atoms with Crippen LogP contribution in [0.3, 0.4) is 0 Å². The summed E-state index contributed by atoms with van der Waals surface area (Å²) in [5.74, 6) is 0. The Kier molecular flexibility index (Phi) is 4.64. The van der Waals surface area contributed by atoms with Crippen LogP contribution < -0.4 is 10.0 Å². The number of nitrogens with one attached hydrogen (secondary N) is 2. The molecule has 9 heteroatoms. The van der Waals surface area contributed by atoms with Crippen molar-refractivity contribution in [1.82, 2.24) is 24.7 Å². The fourth-order valence-corrected chi connectivity index (χ4v) is 2.80. The molecule has 0 aliphatic rings. The fourth-order valence-electron chi connectivity index (χ4n) is 1.65. The summed E-state index contributed by atoms with van der Waals surface area (Å²) in [5, 5.41) is 10.4. The molecule has 2 heterocycles. The predicted molar refractivity (Wildman–Crippen MR) is 73.6 cm³/mol. The molecular weight excluding hydrogens is 280 g/mol. The number of rotatable bonds is 7. The lowest BCUT2D eigenvalue weighted by molar-refractivity contribution is 0.553. The molecule has 0 aliphatic heterocycles. The molecule has 0 radical (unpaired) electrons. The maximum Gasteiger partial charge on any atom is 0.244 e. The van der Waals surface area contributed by atoms with E-state index >= 15 is 0 Å². The lowest BCUT2D eigenvalue weighted by Crippen LogP contribution is -2.28. The van der Waals surface area contributed by atoms with Crippen molar-refractivity contribution in [1.29, 1.82) is 0 Å². The highest BCUT2D eigenvalue weighted by molar-refractivity contribution is 7.89. The van der Waals surface area contributed by atoms with Crippen molar-refractivity contribution in [3.05, 3.63) is 30.9 Å². The quantitative estimate of drug-likeness (QED) is 0.750. The molecule has 2 N–H and O–H groups in total. The molecule has 2 aromatic heterocycles. The molecule has 0 atom stereocenters. The zero-order chi connectivity index (χ0) is 14.4. The standard InChI is InChI=1S/C11H16N6O2S/c1-2-13-10-3-4-12-9-11(10)20(18,19)15-6-8-17-7-5-14-16-17/h3-5,7,9,15H,2,6,8H2,1H3,(H,12,13). The summed E-state index contributed by atoms with van der Waals surface area (Å²) in [6, 6.07) is 1.63. The average Bonchev–Trinajstić information content (AvgIpc) is 2.92. The predicted octanol–water partition coefficient (Wildman–Crippen LogP) is 0.0834.